The molecule has 0 heterocycles. The average molecular weight is 356 g/mol. The molecule has 0 saturated carbocycles. The van der Waals surface area contributed by atoms with Crippen molar-refractivity contribution in [3.8, 4) is 0 Å². The summed E-state index contributed by atoms with van der Waals surface area (Å²) in [6.07, 6.45) is -0.468. The van der Waals surface area contributed by atoms with Gasteiger partial charge in [-0.3, -0.25) is 20.2 Å². The maximum absolute atomic E-state index is 10.7. The first kappa shape index (κ1) is 23.6. The van der Waals surface area contributed by atoms with Crippen LogP contribution in [0, 0.1) is 46.4 Å². The van der Waals surface area contributed by atoms with Crippen molar-refractivity contribution in [2.24, 2.45) is 5.92 Å². The standard InChI is InChI=1S/C10H20N2O5.N2O5/c1-4-8(11(14)15)7(3)6-10(13)9(5-2)12(16)17;3-1(4)7-2(5)6/h7-10,13H,4-6H2,1-3H3;. The molecule has 14 heteroatoms. The maximum atomic E-state index is 10.7. The second-order valence-electron chi connectivity index (χ2n) is 4.83. The van der Waals surface area contributed by atoms with E-state index in [4.69, 9.17) is 20.2 Å². The molecule has 0 rings (SSSR count). The molecule has 1 N–H and O–H groups in total. The molecule has 0 radical (unpaired) electrons. The molecule has 0 aromatic rings. The third kappa shape index (κ3) is 10.1. The normalized spacial score (nSPS) is 15.0. The van der Waals surface area contributed by atoms with E-state index in [2.05, 4.69) is 4.94 Å². The molecule has 0 aromatic heterocycles. The van der Waals surface area contributed by atoms with Gasteiger partial charge < -0.3 is 5.11 Å². The molecule has 140 valence electrons. The minimum atomic E-state index is -1.50. The molecule has 0 amide bonds. The van der Waals surface area contributed by atoms with Crippen LogP contribution in [0.1, 0.15) is 40.0 Å². The number of aliphatic hydroxyl groups excluding tert-OH is 1. The highest BCUT2D eigenvalue weighted by Gasteiger charge is 2.34. The van der Waals surface area contributed by atoms with Gasteiger partial charge in [-0.25, -0.2) is 0 Å². The molecule has 0 fully saturated rings. The van der Waals surface area contributed by atoms with Crippen LogP contribution in [0.4, 0.5) is 0 Å². The highest BCUT2D eigenvalue weighted by molar-refractivity contribution is 4.73. The summed E-state index contributed by atoms with van der Waals surface area (Å²) < 4.78 is 0. The largest absolute Gasteiger partial charge is 0.386 e. The van der Waals surface area contributed by atoms with E-state index in [0.29, 0.717) is 6.42 Å². The zero-order valence-corrected chi connectivity index (χ0v) is 13.3. The molecular weight excluding hydrogens is 336 g/mol. The highest BCUT2D eigenvalue weighted by atomic mass is 17.1. The van der Waals surface area contributed by atoms with Crippen molar-refractivity contribution in [2.75, 3.05) is 0 Å². The van der Waals surface area contributed by atoms with Crippen LogP contribution >= 0.6 is 0 Å². The van der Waals surface area contributed by atoms with Crippen molar-refractivity contribution in [1.29, 1.82) is 0 Å². The fourth-order valence-corrected chi connectivity index (χ4v) is 2.07. The predicted octanol–water partition coefficient (Wildman–Crippen LogP) is 0.871. The number of hydrogen-bond donors (Lipinski definition) is 1. The Morgan fingerprint density at radius 3 is 1.46 bits per heavy atom. The molecule has 14 nitrogen and oxygen atoms in total. The van der Waals surface area contributed by atoms with E-state index in [1.807, 2.05) is 0 Å². The molecule has 4 atom stereocenters. The first-order valence-corrected chi connectivity index (χ1v) is 6.89. The fourth-order valence-electron chi connectivity index (χ4n) is 2.07. The summed E-state index contributed by atoms with van der Waals surface area (Å²) in [7, 11) is 0. The molecule has 4 unspecified atom stereocenters. The van der Waals surface area contributed by atoms with Crippen molar-refractivity contribution in [3.05, 3.63) is 40.5 Å². The third-order valence-corrected chi connectivity index (χ3v) is 3.23. The summed E-state index contributed by atoms with van der Waals surface area (Å²) in [6.45, 7) is 4.96. The summed E-state index contributed by atoms with van der Waals surface area (Å²) >= 11 is 0. The minimum absolute atomic E-state index is 0.0823. The van der Waals surface area contributed by atoms with Crippen molar-refractivity contribution in [3.63, 3.8) is 0 Å². The monoisotopic (exact) mass is 356 g/mol. The van der Waals surface area contributed by atoms with Gasteiger partial charge in [0.2, 0.25) is 12.1 Å². The molecule has 24 heavy (non-hydrogen) atoms. The summed E-state index contributed by atoms with van der Waals surface area (Å²) in [5.74, 6) is -0.376. The molecule has 0 spiro atoms. The van der Waals surface area contributed by atoms with Gasteiger partial charge in [-0.15, -0.1) is 20.2 Å². The molecule has 0 bridgehead atoms. The number of nitrogens with zero attached hydrogens (tertiary/aromatic N) is 4. The predicted molar refractivity (Wildman–Crippen MR) is 77.0 cm³/mol. The third-order valence-electron chi connectivity index (χ3n) is 3.23. The lowest BCUT2D eigenvalue weighted by atomic mass is 9.91. The molecule has 0 aliphatic carbocycles. The van der Waals surface area contributed by atoms with Gasteiger partial charge >= 0.3 is 10.2 Å². The van der Waals surface area contributed by atoms with E-state index in [1.54, 1.807) is 20.8 Å². The topological polar surface area (TPSA) is 202 Å². The van der Waals surface area contributed by atoms with E-state index in [1.165, 1.54) is 0 Å². The maximum Gasteiger partial charge on any atom is 0.356 e. The Morgan fingerprint density at radius 1 is 0.875 bits per heavy atom. The average Bonchev–Trinajstić information content (AvgIpc) is 2.37. The van der Waals surface area contributed by atoms with Crippen LogP contribution in [0.5, 0.6) is 0 Å². The van der Waals surface area contributed by atoms with E-state index in [-0.39, 0.29) is 23.7 Å². The lowest BCUT2D eigenvalue weighted by Crippen LogP contribution is -2.37. The molecule has 0 aliphatic heterocycles. The van der Waals surface area contributed by atoms with Gasteiger partial charge in [-0.1, -0.05) is 20.8 Å². The lowest BCUT2D eigenvalue weighted by molar-refractivity contribution is -1.03. The van der Waals surface area contributed by atoms with Crippen LogP contribution in [-0.2, 0) is 4.94 Å². The van der Waals surface area contributed by atoms with Crippen LogP contribution in [0.25, 0.3) is 0 Å². The summed E-state index contributed by atoms with van der Waals surface area (Å²) in [4.78, 5) is 41.0. The Kier molecular flexibility index (Phi) is 11.7. The van der Waals surface area contributed by atoms with Crippen molar-refractivity contribution < 1.29 is 30.1 Å². The quantitative estimate of drug-likeness (QED) is 0.432. The zero-order valence-electron chi connectivity index (χ0n) is 13.3. The molecular formula is C10H20N4O10. The summed E-state index contributed by atoms with van der Waals surface area (Å²) in [5.41, 5.74) is 0. The van der Waals surface area contributed by atoms with Gasteiger partial charge in [0.15, 0.2) is 0 Å². The first-order valence-electron chi connectivity index (χ1n) is 6.89. The number of hydrogen-bond acceptors (Lipinski definition) is 10. The second-order valence-corrected chi connectivity index (χ2v) is 4.83. The second kappa shape index (κ2) is 11.9. The number of nitro groups is 2. The molecule has 0 aromatic carbocycles. The molecule has 0 aliphatic rings. The van der Waals surface area contributed by atoms with E-state index in [0.717, 1.165) is 0 Å². The van der Waals surface area contributed by atoms with Gasteiger partial charge in [0.1, 0.15) is 6.10 Å². The van der Waals surface area contributed by atoms with Gasteiger partial charge in [-0.05, 0) is 6.42 Å². The smallest absolute Gasteiger partial charge is 0.356 e. The lowest BCUT2D eigenvalue weighted by Gasteiger charge is -2.20. The Labute approximate surface area is 135 Å². The van der Waals surface area contributed by atoms with E-state index < -0.39 is 33.3 Å². The Bertz CT molecular complexity index is 407. The SMILES string of the molecule is CCC(C(C)CC(O)C(CC)[N+](=O)[O-])[N+](=O)[O-].O=[N+]([O-])O[N+](=O)[O-]. The van der Waals surface area contributed by atoms with Gasteiger partial charge in [0.25, 0.3) is 0 Å². The van der Waals surface area contributed by atoms with Crippen LogP contribution < -0.4 is 0 Å². The highest BCUT2D eigenvalue weighted by Crippen LogP contribution is 2.19. The Hall–Kier alpha value is -2.64. The van der Waals surface area contributed by atoms with Gasteiger partial charge in [0, 0.05) is 33.5 Å². The van der Waals surface area contributed by atoms with Crippen LogP contribution in [0.2, 0.25) is 0 Å². The van der Waals surface area contributed by atoms with E-state index >= 15 is 0 Å². The number of rotatable bonds is 10. The fraction of sp³-hybridized carbons (Fsp3) is 1.00. The van der Waals surface area contributed by atoms with Gasteiger partial charge in [0.05, 0.1) is 0 Å². The van der Waals surface area contributed by atoms with Crippen LogP contribution in [0.3, 0.4) is 0 Å². The summed E-state index contributed by atoms with van der Waals surface area (Å²) in [6, 6.07) is -1.80. The Balaban J connectivity index is 0. The van der Waals surface area contributed by atoms with Crippen molar-refractivity contribution >= 4 is 0 Å². The van der Waals surface area contributed by atoms with Crippen LogP contribution in [-0.4, -0.2) is 43.3 Å². The number of aliphatic hydroxyl groups is 1. The van der Waals surface area contributed by atoms with E-state index in [9.17, 15) is 25.3 Å². The summed E-state index contributed by atoms with van der Waals surface area (Å²) in [5, 5.41) is 46.0. The van der Waals surface area contributed by atoms with Gasteiger partial charge in [-0.2, -0.15) is 0 Å². The van der Waals surface area contributed by atoms with Crippen LogP contribution in [0.15, 0.2) is 0 Å². The minimum Gasteiger partial charge on any atom is -0.386 e. The van der Waals surface area contributed by atoms with Crippen molar-refractivity contribution in [2.45, 2.75) is 58.2 Å². The Morgan fingerprint density at radius 2 is 1.25 bits per heavy atom. The first-order chi connectivity index (χ1) is 11.0. The molecule has 0 saturated heterocycles. The zero-order chi connectivity index (χ0) is 19.4. The van der Waals surface area contributed by atoms with Crippen molar-refractivity contribution in [1.82, 2.24) is 0 Å².